The first-order chi connectivity index (χ1) is 9.27. The van der Waals surface area contributed by atoms with Crippen LogP contribution in [-0.2, 0) is 0 Å². The van der Waals surface area contributed by atoms with E-state index >= 15 is 0 Å². The number of likely N-dealkylation sites (tertiary alicyclic amines) is 1. The molecule has 2 unspecified atom stereocenters. The Morgan fingerprint density at radius 2 is 1.84 bits per heavy atom. The van der Waals surface area contributed by atoms with Gasteiger partial charge in [-0.05, 0) is 59.7 Å². The molecule has 0 radical (unpaired) electrons. The zero-order chi connectivity index (χ0) is 13.2. The second-order valence-corrected chi connectivity index (χ2v) is 6.59. The highest BCUT2D eigenvalue weighted by atomic mass is 79.9. The second-order valence-electron chi connectivity index (χ2n) is 5.73. The number of hydrogen-bond acceptors (Lipinski definition) is 1. The van der Waals surface area contributed by atoms with E-state index in [1.807, 2.05) is 24.3 Å². The number of amides is 1. The van der Waals surface area contributed by atoms with Crippen molar-refractivity contribution in [2.75, 3.05) is 6.54 Å². The van der Waals surface area contributed by atoms with E-state index < -0.39 is 0 Å². The van der Waals surface area contributed by atoms with E-state index in [-0.39, 0.29) is 5.91 Å². The van der Waals surface area contributed by atoms with Crippen LogP contribution < -0.4 is 0 Å². The average Bonchev–Trinajstić information content (AvgIpc) is 2.46. The Morgan fingerprint density at radius 3 is 2.68 bits per heavy atom. The third-order valence-electron chi connectivity index (χ3n) is 4.61. The van der Waals surface area contributed by atoms with Gasteiger partial charge in [0.2, 0.25) is 0 Å². The number of nitrogens with zero attached hydrogens (tertiary/aromatic N) is 1. The van der Waals surface area contributed by atoms with Crippen LogP contribution in [0.1, 0.15) is 48.9 Å². The summed E-state index contributed by atoms with van der Waals surface area (Å²) in [6, 6.07) is 8.27. The molecule has 2 fully saturated rings. The zero-order valence-electron chi connectivity index (χ0n) is 11.1. The molecule has 3 heteroatoms. The fourth-order valence-corrected chi connectivity index (χ4v) is 4.12. The lowest BCUT2D eigenvalue weighted by molar-refractivity contribution is 0.0390. The molecule has 0 aromatic heterocycles. The lowest BCUT2D eigenvalue weighted by atomic mass is 9.78. The fraction of sp³-hybridized carbons (Fsp3) is 0.562. The minimum atomic E-state index is 0.212. The summed E-state index contributed by atoms with van der Waals surface area (Å²) < 4.78 is 0.915. The number of carbonyl (C=O) groups excluding carboxylic acids is 1. The average molecular weight is 322 g/mol. The van der Waals surface area contributed by atoms with Crippen molar-refractivity contribution in [2.24, 2.45) is 5.92 Å². The molecule has 1 aromatic rings. The molecule has 0 bridgehead atoms. The van der Waals surface area contributed by atoms with Crippen molar-refractivity contribution in [3.63, 3.8) is 0 Å². The van der Waals surface area contributed by atoms with Gasteiger partial charge in [0.25, 0.3) is 5.91 Å². The largest absolute Gasteiger partial charge is 0.335 e. The molecule has 3 rings (SSSR count). The molecule has 0 spiro atoms. The van der Waals surface area contributed by atoms with E-state index in [2.05, 4.69) is 20.8 Å². The molecule has 19 heavy (non-hydrogen) atoms. The molecule has 102 valence electrons. The minimum absolute atomic E-state index is 0.212. The van der Waals surface area contributed by atoms with Gasteiger partial charge in [0.1, 0.15) is 0 Å². The lowest BCUT2D eigenvalue weighted by Gasteiger charge is -2.44. The number of carbonyl (C=O) groups is 1. The van der Waals surface area contributed by atoms with Gasteiger partial charge in [0.15, 0.2) is 0 Å². The molecule has 1 heterocycles. The summed E-state index contributed by atoms with van der Waals surface area (Å²) >= 11 is 3.50. The van der Waals surface area contributed by atoms with Crippen molar-refractivity contribution < 1.29 is 4.79 Å². The van der Waals surface area contributed by atoms with Gasteiger partial charge < -0.3 is 4.90 Å². The topological polar surface area (TPSA) is 20.3 Å². The number of benzene rings is 1. The summed E-state index contributed by atoms with van der Waals surface area (Å²) in [6.45, 7) is 0.932. The third kappa shape index (κ3) is 2.58. The van der Waals surface area contributed by atoms with Crippen molar-refractivity contribution in [1.29, 1.82) is 0 Å². The highest BCUT2D eigenvalue weighted by molar-refractivity contribution is 9.10. The van der Waals surface area contributed by atoms with Crippen LogP contribution in [0.4, 0.5) is 0 Å². The summed E-state index contributed by atoms with van der Waals surface area (Å²) in [7, 11) is 0. The molecular formula is C16H20BrNO. The van der Waals surface area contributed by atoms with E-state index in [0.29, 0.717) is 6.04 Å². The first kappa shape index (κ1) is 13.2. The Balaban J connectivity index is 1.84. The van der Waals surface area contributed by atoms with Crippen LogP contribution >= 0.6 is 15.9 Å². The minimum Gasteiger partial charge on any atom is -0.335 e. The SMILES string of the molecule is O=C(c1ccccc1Br)N1CCCC2CCCCC21. The molecule has 1 aliphatic carbocycles. The second kappa shape index (κ2) is 5.66. The predicted molar refractivity (Wildman–Crippen MR) is 80.2 cm³/mol. The maximum atomic E-state index is 12.8. The molecular weight excluding hydrogens is 302 g/mol. The van der Waals surface area contributed by atoms with E-state index in [1.165, 1.54) is 32.1 Å². The van der Waals surface area contributed by atoms with Crippen LogP contribution in [0.3, 0.4) is 0 Å². The van der Waals surface area contributed by atoms with Crippen LogP contribution in [-0.4, -0.2) is 23.4 Å². The fourth-order valence-electron chi connectivity index (χ4n) is 3.67. The van der Waals surface area contributed by atoms with Gasteiger partial charge in [0, 0.05) is 17.1 Å². The van der Waals surface area contributed by atoms with Crippen molar-refractivity contribution in [3.05, 3.63) is 34.3 Å². The number of halogens is 1. The highest BCUT2D eigenvalue weighted by Gasteiger charge is 2.36. The smallest absolute Gasteiger partial charge is 0.255 e. The lowest BCUT2D eigenvalue weighted by Crippen LogP contribution is -2.49. The van der Waals surface area contributed by atoms with Gasteiger partial charge in [0.05, 0.1) is 5.56 Å². The molecule has 2 atom stereocenters. The quantitative estimate of drug-likeness (QED) is 0.757. The van der Waals surface area contributed by atoms with Gasteiger partial charge in [-0.1, -0.05) is 25.0 Å². The zero-order valence-corrected chi connectivity index (χ0v) is 12.7. The van der Waals surface area contributed by atoms with Crippen LogP contribution in [0.25, 0.3) is 0 Å². The molecule has 1 aromatic carbocycles. The Labute approximate surface area is 123 Å². The maximum absolute atomic E-state index is 12.8. The van der Waals surface area contributed by atoms with Gasteiger partial charge >= 0.3 is 0 Å². The number of hydrogen-bond donors (Lipinski definition) is 0. The summed E-state index contributed by atoms with van der Waals surface area (Å²) in [5.74, 6) is 0.956. The number of fused-ring (bicyclic) bond motifs is 1. The highest BCUT2D eigenvalue weighted by Crippen LogP contribution is 2.36. The Bertz CT molecular complexity index is 472. The van der Waals surface area contributed by atoms with Gasteiger partial charge in [-0.2, -0.15) is 0 Å². The molecule has 1 saturated heterocycles. The van der Waals surface area contributed by atoms with E-state index in [4.69, 9.17) is 0 Å². The van der Waals surface area contributed by atoms with Crippen LogP contribution in [0.15, 0.2) is 28.7 Å². The van der Waals surface area contributed by atoms with Crippen molar-refractivity contribution in [2.45, 2.75) is 44.6 Å². The molecule has 1 saturated carbocycles. The first-order valence-corrected chi connectivity index (χ1v) is 8.12. The molecule has 1 amide bonds. The van der Waals surface area contributed by atoms with Gasteiger partial charge in [-0.15, -0.1) is 0 Å². The number of rotatable bonds is 1. The summed E-state index contributed by atoms with van der Waals surface area (Å²) in [5.41, 5.74) is 0.814. The molecule has 0 N–H and O–H groups in total. The van der Waals surface area contributed by atoms with Crippen molar-refractivity contribution in [1.82, 2.24) is 4.90 Å². The monoisotopic (exact) mass is 321 g/mol. The van der Waals surface area contributed by atoms with Crippen LogP contribution in [0.2, 0.25) is 0 Å². The van der Waals surface area contributed by atoms with Crippen LogP contribution in [0, 0.1) is 5.92 Å². The van der Waals surface area contributed by atoms with E-state index in [9.17, 15) is 4.79 Å². The van der Waals surface area contributed by atoms with Gasteiger partial charge in [-0.3, -0.25) is 4.79 Å². The number of piperidine rings is 1. The molecule has 2 aliphatic rings. The first-order valence-electron chi connectivity index (χ1n) is 7.33. The van der Waals surface area contributed by atoms with Crippen molar-refractivity contribution in [3.8, 4) is 0 Å². The van der Waals surface area contributed by atoms with E-state index in [0.717, 1.165) is 28.9 Å². The summed E-state index contributed by atoms with van der Waals surface area (Å²) in [4.78, 5) is 14.9. The molecule has 1 aliphatic heterocycles. The van der Waals surface area contributed by atoms with Crippen molar-refractivity contribution >= 4 is 21.8 Å². The standard InChI is InChI=1S/C16H20BrNO/c17-14-9-3-2-8-13(14)16(19)18-11-5-7-12-6-1-4-10-15(12)18/h2-3,8-9,12,15H,1,4-7,10-11H2. The predicted octanol–water partition coefficient (Wildman–Crippen LogP) is 4.24. The van der Waals surface area contributed by atoms with Gasteiger partial charge in [-0.25, -0.2) is 0 Å². The molecule has 2 nitrogen and oxygen atoms in total. The third-order valence-corrected chi connectivity index (χ3v) is 5.30. The summed E-state index contributed by atoms with van der Waals surface area (Å²) in [6.07, 6.45) is 7.60. The summed E-state index contributed by atoms with van der Waals surface area (Å²) in [5, 5.41) is 0. The van der Waals surface area contributed by atoms with Crippen LogP contribution in [0.5, 0.6) is 0 Å². The normalized spacial score (nSPS) is 26.9. The van der Waals surface area contributed by atoms with E-state index in [1.54, 1.807) is 0 Å². The Morgan fingerprint density at radius 1 is 1.11 bits per heavy atom. The maximum Gasteiger partial charge on any atom is 0.255 e. The Kier molecular flexibility index (Phi) is 3.92. The Hall–Kier alpha value is -0.830.